The molecule has 0 spiro atoms. The summed E-state index contributed by atoms with van der Waals surface area (Å²) in [6, 6.07) is 5.39. The van der Waals surface area contributed by atoms with E-state index in [4.69, 9.17) is 23.1 Å². The Bertz CT molecular complexity index is 795. The first-order valence-corrected chi connectivity index (χ1v) is 9.04. The van der Waals surface area contributed by atoms with Crippen molar-refractivity contribution in [3.05, 3.63) is 40.7 Å². The molecule has 2 atom stereocenters. The highest BCUT2D eigenvalue weighted by molar-refractivity contribution is 6.33. The monoisotopic (exact) mass is 374 g/mol. The van der Waals surface area contributed by atoms with E-state index < -0.39 is 5.91 Å². The predicted octanol–water partition coefficient (Wildman–Crippen LogP) is 2.96. The first-order valence-electron chi connectivity index (χ1n) is 8.66. The average Bonchev–Trinajstić information content (AvgIpc) is 2.61. The van der Waals surface area contributed by atoms with Crippen LogP contribution in [0.25, 0.3) is 0 Å². The Morgan fingerprint density at radius 3 is 2.69 bits per heavy atom. The van der Waals surface area contributed by atoms with Crippen LogP contribution in [0.4, 0.5) is 17.3 Å². The Balaban J connectivity index is 1.90. The quantitative estimate of drug-likeness (QED) is 0.638. The number of nitrogens with one attached hydrogen (secondary N) is 2. The highest BCUT2D eigenvalue weighted by atomic mass is 35.5. The number of nitrogens with zero attached hydrogens (tertiary/aromatic N) is 2. The second kappa shape index (κ2) is 7.88. The maximum Gasteiger partial charge on any atom is 0.252 e. The number of pyridine rings is 2. The highest BCUT2D eigenvalue weighted by Crippen LogP contribution is 2.30. The van der Waals surface area contributed by atoms with Crippen LogP contribution < -0.4 is 22.1 Å². The number of anilines is 3. The lowest BCUT2D eigenvalue weighted by Gasteiger charge is -2.30. The number of hydrogen-bond acceptors (Lipinski definition) is 6. The van der Waals surface area contributed by atoms with E-state index in [0.717, 1.165) is 31.4 Å². The number of primary amides is 1. The smallest absolute Gasteiger partial charge is 0.252 e. The minimum atomic E-state index is -0.608. The van der Waals surface area contributed by atoms with Crippen LogP contribution >= 0.6 is 11.6 Å². The maximum absolute atomic E-state index is 11.8. The fraction of sp³-hybridized carbons (Fsp3) is 0.389. The minimum absolute atomic E-state index is 0.0511. The molecule has 8 heteroatoms. The van der Waals surface area contributed by atoms with Gasteiger partial charge >= 0.3 is 0 Å². The first kappa shape index (κ1) is 18.4. The van der Waals surface area contributed by atoms with E-state index in [0.29, 0.717) is 22.3 Å². The van der Waals surface area contributed by atoms with Crippen molar-refractivity contribution in [3.63, 3.8) is 0 Å². The summed E-state index contributed by atoms with van der Waals surface area (Å²) in [6.07, 6.45) is 5.84. The van der Waals surface area contributed by atoms with Gasteiger partial charge in [0.1, 0.15) is 11.6 Å². The largest absolute Gasteiger partial charge is 0.365 e. The lowest BCUT2D eigenvalue weighted by molar-refractivity contribution is 0.100. The average molecular weight is 375 g/mol. The van der Waals surface area contributed by atoms with Crippen molar-refractivity contribution in [1.82, 2.24) is 9.97 Å². The number of carbonyl (C=O) groups is 1. The standard InChI is InChI=1S/C18H23ClN6O/c1-10-6-7-11(9-22-10)23-17-12(16(21)26)8-13(19)18(25-17)24-15-5-3-2-4-14(15)20/h6-9,14-15H,2-5,20H2,1H3,(H2,21,26)(H2,23,24,25)/t14-,15+/m0/s1. The van der Waals surface area contributed by atoms with E-state index in [-0.39, 0.29) is 17.6 Å². The predicted molar refractivity (Wildman–Crippen MR) is 104 cm³/mol. The molecule has 1 aliphatic carbocycles. The summed E-state index contributed by atoms with van der Waals surface area (Å²) in [6.45, 7) is 1.90. The molecule has 138 valence electrons. The molecule has 1 fully saturated rings. The number of nitrogens with two attached hydrogens (primary N) is 2. The molecule has 1 amide bonds. The van der Waals surface area contributed by atoms with E-state index in [2.05, 4.69) is 20.6 Å². The van der Waals surface area contributed by atoms with Gasteiger partial charge in [-0.2, -0.15) is 0 Å². The maximum atomic E-state index is 11.8. The van der Waals surface area contributed by atoms with Crippen LogP contribution in [-0.4, -0.2) is 28.0 Å². The molecule has 2 heterocycles. The number of rotatable bonds is 5. The van der Waals surface area contributed by atoms with Gasteiger partial charge in [-0.1, -0.05) is 24.4 Å². The zero-order chi connectivity index (χ0) is 18.7. The van der Waals surface area contributed by atoms with Gasteiger partial charge in [0, 0.05) is 17.8 Å². The van der Waals surface area contributed by atoms with Gasteiger partial charge in [0.05, 0.1) is 22.5 Å². The van der Waals surface area contributed by atoms with Crippen molar-refractivity contribution in [1.29, 1.82) is 0 Å². The summed E-state index contributed by atoms with van der Waals surface area (Å²) in [5.41, 5.74) is 13.5. The van der Waals surface area contributed by atoms with Crippen molar-refractivity contribution in [2.75, 3.05) is 10.6 Å². The van der Waals surface area contributed by atoms with Crippen molar-refractivity contribution in [3.8, 4) is 0 Å². The van der Waals surface area contributed by atoms with Crippen LogP contribution in [0, 0.1) is 6.92 Å². The molecule has 1 saturated carbocycles. The van der Waals surface area contributed by atoms with Crippen LogP contribution in [0.5, 0.6) is 0 Å². The number of carbonyl (C=O) groups excluding carboxylic acids is 1. The van der Waals surface area contributed by atoms with Crippen molar-refractivity contribution < 1.29 is 4.79 Å². The summed E-state index contributed by atoms with van der Waals surface area (Å²) in [4.78, 5) is 20.5. The normalized spacial score (nSPS) is 19.8. The third kappa shape index (κ3) is 4.23. The fourth-order valence-electron chi connectivity index (χ4n) is 3.07. The van der Waals surface area contributed by atoms with E-state index in [1.807, 2.05) is 19.1 Å². The minimum Gasteiger partial charge on any atom is -0.365 e. The zero-order valence-corrected chi connectivity index (χ0v) is 15.4. The molecule has 0 unspecified atom stereocenters. The summed E-state index contributed by atoms with van der Waals surface area (Å²) in [7, 11) is 0. The molecule has 7 nitrogen and oxygen atoms in total. The second-order valence-corrected chi connectivity index (χ2v) is 7.00. The number of hydrogen-bond donors (Lipinski definition) is 4. The molecular formula is C18H23ClN6O. The summed E-state index contributed by atoms with van der Waals surface area (Å²) in [5.74, 6) is 0.212. The van der Waals surface area contributed by atoms with E-state index in [1.54, 1.807) is 6.20 Å². The summed E-state index contributed by atoms with van der Waals surface area (Å²) in [5, 5.41) is 6.75. The van der Waals surface area contributed by atoms with Gasteiger partial charge in [-0.25, -0.2) is 4.98 Å². The molecule has 0 radical (unpaired) electrons. The molecule has 1 aliphatic rings. The Labute approximate surface area is 157 Å². The van der Waals surface area contributed by atoms with Gasteiger partial charge < -0.3 is 22.1 Å². The number of amides is 1. The second-order valence-electron chi connectivity index (χ2n) is 6.59. The van der Waals surface area contributed by atoms with E-state index in [1.165, 1.54) is 6.07 Å². The number of aromatic nitrogens is 2. The molecule has 0 aromatic carbocycles. The molecule has 26 heavy (non-hydrogen) atoms. The highest BCUT2D eigenvalue weighted by Gasteiger charge is 2.24. The summed E-state index contributed by atoms with van der Waals surface area (Å²) < 4.78 is 0. The SMILES string of the molecule is Cc1ccc(Nc2nc(N[C@@H]3CCCC[C@@H]3N)c(Cl)cc2C(N)=O)cn1. The number of halogens is 1. The van der Waals surface area contributed by atoms with Crippen molar-refractivity contribution in [2.45, 2.75) is 44.7 Å². The Kier molecular flexibility index (Phi) is 5.58. The Morgan fingerprint density at radius 1 is 1.27 bits per heavy atom. The van der Waals surface area contributed by atoms with Gasteiger partial charge in [0.15, 0.2) is 0 Å². The fourth-order valence-corrected chi connectivity index (χ4v) is 3.27. The van der Waals surface area contributed by atoms with Crippen LogP contribution in [0.15, 0.2) is 24.4 Å². The molecular weight excluding hydrogens is 352 g/mol. The van der Waals surface area contributed by atoms with Gasteiger partial charge in [0.2, 0.25) is 0 Å². The molecule has 0 aliphatic heterocycles. The lowest BCUT2D eigenvalue weighted by atomic mass is 9.91. The lowest BCUT2D eigenvalue weighted by Crippen LogP contribution is -2.42. The van der Waals surface area contributed by atoms with Gasteiger partial charge in [-0.3, -0.25) is 9.78 Å². The van der Waals surface area contributed by atoms with Gasteiger partial charge in [-0.05, 0) is 38.0 Å². The van der Waals surface area contributed by atoms with Gasteiger partial charge in [-0.15, -0.1) is 0 Å². The Morgan fingerprint density at radius 2 is 2.04 bits per heavy atom. The van der Waals surface area contributed by atoms with Crippen LogP contribution in [0.1, 0.15) is 41.7 Å². The first-order chi connectivity index (χ1) is 12.4. The van der Waals surface area contributed by atoms with Gasteiger partial charge in [0.25, 0.3) is 5.91 Å². The third-order valence-corrected chi connectivity index (χ3v) is 4.85. The molecule has 6 N–H and O–H groups in total. The van der Waals surface area contributed by atoms with Crippen LogP contribution in [0.3, 0.4) is 0 Å². The third-order valence-electron chi connectivity index (χ3n) is 4.56. The van der Waals surface area contributed by atoms with Crippen molar-refractivity contribution in [2.24, 2.45) is 11.5 Å². The molecule has 2 aromatic heterocycles. The van der Waals surface area contributed by atoms with E-state index >= 15 is 0 Å². The van der Waals surface area contributed by atoms with Crippen molar-refractivity contribution >= 4 is 34.8 Å². The molecule has 2 aromatic rings. The molecule has 0 saturated heterocycles. The van der Waals surface area contributed by atoms with E-state index in [9.17, 15) is 4.79 Å². The molecule has 3 rings (SSSR count). The number of aryl methyl sites for hydroxylation is 1. The summed E-state index contributed by atoms with van der Waals surface area (Å²) >= 11 is 6.32. The van der Waals surface area contributed by atoms with Crippen LogP contribution in [0.2, 0.25) is 5.02 Å². The zero-order valence-electron chi connectivity index (χ0n) is 14.6. The molecule has 0 bridgehead atoms. The van der Waals surface area contributed by atoms with Crippen LogP contribution in [-0.2, 0) is 0 Å². The topological polar surface area (TPSA) is 119 Å². The Hall–Kier alpha value is -2.38.